The predicted octanol–water partition coefficient (Wildman–Crippen LogP) is 4.25. The summed E-state index contributed by atoms with van der Waals surface area (Å²) in [5.41, 5.74) is 5.01. The molecule has 0 saturated heterocycles. The quantitative estimate of drug-likeness (QED) is 0.348. The standard InChI is InChI=1S/C24H26FN7/c1-4-5-12-27-24(26-3)30-23-16(2)22(18-7-9-19(25)10-8-18)31-32(23)14-17-6-11-20-21(13-17)29-15-28-20/h6-11,13,15H,2,4-5,12,14H2,1,3H3,(H,26,27)(H,28,29). The van der Waals surface area contributed by atoms with Crippen LogP contribution >= 0.6 is 0 Å². The van der Waals surface area contributed by atoms with E-state index in [2.05, 4.69) is 33.8 Å². The first kappa shape index (κ1) is 21.4. The lowest BCUT2D eigenvalue weighted by molar-refractivity contribution is 0.451. The van der Waals surface area contributed by atoms with Gasteiger partial charge in [0, 0.05) is 24.7 Å². The smallest absolute Gasteiger partial charge is 0.219 e. The molecule has 8 heteroatoms. The molecule has 3 aromatic rings. The molecule has 4 rings (SSSR count). The fraction of sp³-hybridized carbons (Fsp3) is 0.250. The van der Waals surface area contributed by atoms with Gasteiger partial charge in [-0.15, -0.1) is 0 Å². The Labute approximate surface area is 186 Å². The average molecular weight is 432 g/mol. The zero-order chi connectivity index (χ0) is 22.5. The van der Waals surface area contributed by atoms with Crippen molar-refractivity contribution in [3.63, 3.8) is 0 Å². The van der Waals surface area contributed by atoms with Gasteiger partial charge in [0.1, 0.15) is 11.5 Å². The number of nitrogens with one attached hydrogen (secondary N) is 2. The molecule has 32 heavy (non-hydrogen) atoms. The van der Waals surface area contributed by atoms with E-state index in [-0.39, 0.29) is 5.82 Å². The van der Waals surface area contributed by atoms with Gasteiger partial charge in [-0.2, -0.15) is 10.1 Å². The van der Waals surface area contributed by atoms with Crippen LogP contribution in [0.1, 0.15) is 30.9 Å². The van der Waals surface area contributed by atoms with Crippen LogP contribution in [0.15, 0.2) is 76.0 Å². The Balaban J connectivity index is 1.67. The highest BCUT2D eigenvalue weighted by Gasteiger charge is 2.28. The summed E-state index contributed by atoms with van der Waals surface area (Å²) in [6.07, 6.45) is 3.78. The van der Waals surface area contributed by atoms with Crippen molar-refractivity contribution in [2.75, 3.05) is 13.6 Å². The highest BCUT2D eigenvalue weighted by molar-refractivity contribution is 6.33. The van der Waals surface area contributed by atoms with Gasteiger partial charge in [-0.1, -0.05) is 26.0 Å². The van der Waals surface area contributed by atoms with E-state index in [9.17, 15) is 4.39 Å². The summed E-state index contributed by atoms with van der Waals surface area (Å²) < 4.78 is 13.4. The normalized spacial score (nSPS) is 15.7. The topological polar surface area (TPSA) is 81.0 Å². The number of hydrogen-bond donors (Lipinski definition) is 2. The van der Waals surface area contributed by atoms with E-state index in [1.165, 1.54) is 12.1 Å². The van der Waals surface area contributed by atoms with Crippen molar-refractivity contribution < 1.29 is 4.39 Å². The lowest BCUT2D eigenvalue weighted by atomic mass is 10.0. The van der Waals surface area contributed by atoms with Crippen molar-refractivity contribution in [1.82, 2.24) is 20.3 Å². The Bertz CT molecular complexity index is 1200. The predicted molar refractivity (Wildman–Crippen MR) is 127 cm³/mol. The minimum absolute atomic E-state index is 0.294. The maximum absolute atomic E-state index is 13.4. The van der Waals surface area contributed by atoms with Gasteiger partial charge in [-0.05, 0) is 48.4 Å². The molecule has 0 bridgehead atoms. The van der Waals surface area contributed by atoms with E-state index < -0.39 is 0 Å². The Hall–Kier alpha value is -3.81. The van der Waals surface area contributed by atoms with Crippen molar-refractivity contribution in [1.29, 1.82) is 0 Å². The van der Waals surface area contributed by atoms with Gasteiger partial charge in [0.25, 0.3) is 0 Å². The maximum Gasteiger partial charge on any atom is 0.219 e. The third kappa shape index (κ3) is 4.59. The zero-order valence-corrected chi connectivity index (χ0v) is 18.3. The molecule has 1 aromatic heterocycles. The highest BCUT2D eigenvalue weighted by atomic mass is 19.1. The number of unbranched alkanes of at least 4 members (excludes halogenated alkanes) is 1. The highest BCUT2D eigenvalue weighted by Crippen LogP contribution is 2.24. The minimum atomic E-state index is -0.294. The molecule has 2 N–H and O–H groups in total. The number of benzene rings is 2. The number of imidazole rings is 1. The number of guanidine groups is 1. The van der Waals surface area contributed by atoms with Gasteiger partial charge in [0.05, 0.1) is 23.9 Å². The molecule has 0 unspecified atom stereocenters. The Morgan fingerprint density at radius 3 is 2.78 bits per heavy atom. The van der Waals surface area contributed by atoms with Crippen LogP contribution in [-0.2, 0) is 6.54 Å². The molecule has 0 amide bonds. The second-order valence-electron chi connectivity index (χ2n) is 7.51. The number of hydrogen-bond acceptors (Lipinski definition) is 3. The third-order valence-corrected chi connectivity index (χ3v) is 5.19. The summed E-state index contributed by atoms with van der Waals surface area (Å²) >= 11 is 0. The molecule has 0 saturated carbocycles. The number of halogens is 1. The lowest BCUT2D eigenvalue weighted by Gasteiger charge is -2.16. The van der Waals surface area contributed by atoms with Crippen LogP contribution in [0.4, 0.5) is 4.39 Å². The van der Waals surface area contributed by atoms with E-state index >= 15 is 0 Å². The lowest BCUT2D eigenvalue weighted by Crippen LogP contribution is -2.28. The van der Waals surface area contributed by atoms with Gasteiger partial charge in [-0.3, -0.25) is 4.99 Å². The summed E-state index contributed by atoms with van der Waals surface area (Å²) in [4.78, 5) is 16.4. The van der Waals surface area contributed by atoms with E-state index in [0.29, 0.717) is 29.6 Å². The van der Waals surface area contributed by atoms with Gasteiger partial charge < -0.3 is 10.3 Å². The van der Waals surface area contributed by atoms with Crippen LogP contribution in [0.25, 0.3) is 11.0 Å². The first-order valence-electron chi connectivity index (χ1n) is 10.6. The van der Waals surface area contributed by atoms with Crippen LogP contribution < -0.4 is 5.32 Å². The Morgan fingerprint density at radius 1 is 1.22 bits per heavy atom. The summed E-state index contributed by atoms with van der Waals surface area (Å²) in [7, 11) is 1.70. The van der Waals surface area contributed by atoms with E-state index in [1.807, 2.05) is 23.2 Å². The second kappa shape index (κ2) is 9.55. The molecule has 1 aliphatic rings. The van der Waals surface area contributed by atoms with E-state index in [4.69, 9.17) is 10.1 Å². The van der Waals surface area contributed by atoms with Gasteiger partial charge in [0.2, 0.25) is 5.96 Å². The molecule has 0 fully saturated rings. The summed E-state index contributed by atoms with van der Waals surface area (Å²) in [6.45, 7) is 7.65. The molecule has 0 radical (unpaired) electrons. The van der Waals surface area contributed by atoms with E-state index in [0.717, 1.165) is 41.5 Å². The Kier molecular flexibility index (Phi) is 6.39. The van der Waals surface area contributed by atoms with Crippen LogP contribution in [0, 0.1) is 5.82 Å². The number of fused-ring (bicyclic) bond motifs is 1. The molecule has 2 heterocycles. The first-order valence-corrected chi connectivity index (χ1v) is 10.6. The molecule has 0 spiro atoms. The zero-order valence-electron chi connectivity index (χ0n) is 18.3. The monoisotopic (exact) mass is 431 g/mol. The summed E-state index contributed by atoms with van der Waals surface area (Å²) in [6, 6.07) is 12.3. The summed E-state index contributed by atoms with van der Waals surface area (Å²) in [5.74, 6) is 0.842. The molecule has 0 atom stereocenters. The number of aromatic nitrogens is 2. The molecular weight excluding hydrogens is 405 g/mol. The number of hydrazone groups is 1. The van der Waals surface area contributed by atoms with Crippen molar-refractivity contribution in [3.05, 3.63) is 77.9 Å². The SMILES string of the molecule is C=C1C(c2ccc(F)cc2)=NN(Cc2ccc3nc[nH]c3c2)C1=NC(=NC)NCCCC. The fourth-order valence-corrected chi connectivity index (χ4v) is 3.47. The molecule has 1 aliphatic heterocycles. The van der Waals surface area contributed by atoms with Crippen molar-refractivity contribution >= 4 is 28.5 Å². The molecule has 0 aliphatic carbocycles. The van der Waals surface area contributed by atoms with Crippen LogP contribution in [0.3, 0.4) is 0 Å². The summed E-state index contributed by atoms with van der Waals surface area (Å²) in [5, 5.41) is 9.86. The van der Waals surface area contributed by atoms with Crippen LogP contribution in [0.2, 0.25) is 0 Å². The first-order chi connectivity index (χ1) is 15.6. The number of H-pyrrole nitrogens is 1. The van der Waals surface area contributed by atoms with Crippen molar-refractivity contribution in [3.8, 4) is 0 Å². The molecule has 7 nitrogen and oxygen atoms in total. The number of rotatable bonds is 6. The largest absolute Gasteiger partial charge is 0.354 e. The van der Waals surface area contributed by atoms with E-state index in [1.54, 1.807) is 25.5 Å². The molecule has 2 aromatic carbocycles. The van der Waals surface area contributed by atoms with Crippen molar-refractivity contribution in [2.24, 2.45) is 15.1 Å². The number of nitrogens with zero attached hydrogens (tertiary/aromatic N) is 5. The van der Waals surface area contributed by atoms with Crippen LogP contribution in [0.5, 0.6) is 0 Å². The van der Waals surface area contributed by atoms with Crippen LogP contribution in [-0.4, -0.2) is 46.1 Å². The average Bonchev–Trinajstić information content (AvgIpc) is 3.38. The van der Waals surface area contributed by atoms with Gasteiger partial charge in [0.15, 0.2) is 5.84 Å². The number of aliphatic imine (C=N–C) groups is 2. The number of amidine groups is 1. The third-order valence-electron chi connectivity index (χ3n) is 5.19. The van der Waals surface area contributed by atoms with Crippen molar-refractivity contribution in [2.45, 2.75) is 26.3 Å². The molecule has 164 valence electrons. The van der Waals surface area contributed by atoms with Gasteiger partial charge >= 0.3 is 0 Å². The molecular formula is C24H26FN7. The minimum Gasteiger partial charge on any atom is -0.354 e. The number of aromatic amines is 1. The maximum atomic E-state index is 13.4. The van der Waals surface area contributed by atoms with Gasteiger partial charge in [-0.25, -0.2) is 14.4 Å². The second-order valence-corrected chi connectivity index (χ2v) is 7.51. The fourth-order valence-electron chi connectivity index (χ4n) is 3.47. The Morgan fingerprint density at radius 2 is 2.03 bits per heavy atom.